The maximum absolute atomic E-state index is 5.33. The zero-order valence-electron chi connectivity index (χ0n) is 9.78. The summed E-state index contributed by atoms with van der Waals surface area (Å²) in [5.74, 6) is 0. The number of rotatable bonds is 3. The Morgan fingerprint density at radius 2 is 2.25 bits per heavy atom. The molecule has 4 heteroatoms. The molecule has 0 fully saturated rings. The number of aromatic amines is 1. The number of H-pyrrole nitrogens is 1. The molecule has 1 atom stereocenters. The Morgan fingerprint density at radius 1 is 1.50 bits per heavy atom. The molecule has 0 amide bonds. The fourth-order valence-corrected chi connectivity index (χ4v) is 2.18. The van der Waals surface area contributed by atoms with Crippen LogP contribution in [0.25, 0.3) is 11.0 Å². The van der Waals surface area contributed by atoms with Gasteiger partial charge in [0, 0.05) is 7.11 Å². The monoisotopic (exact) mass is 236 g/mol. The van der Waals surface area contributed by atoms with Gasteiger partial charge in [-0.2, -0.15) is 0 Å². The summed E-state index contributed by atoms with van der Waals surface area (Å²) < 4.78 is 8.15. The van der Waals surface area contributed by atoms with Crippen LogP contribution in [-0.2, 0) is 11.3 Å². The summed E-state index contributed by atoms with van der Waals surface area (Å²) in [7, 11) is 1.72. The lowest BCUT2D eigenvalue weighted by Crippen LogP contribution is -2.14. The van der Waals surface area contributed by atoms with Crippen molar-refractivity contribution < 1.29 is 4.74 Å². The molecular weight excluding hydrogens is 220 g/mol. The topological polar surface area (TPSA) is 29.9 Å². The van der Waals surface area contributed by atoms with Crippen molar-refractivity contribution in [3.8, 4) is 0 Å². The zero-order chi connectivity index (χ0) is 11.7. The van der Waals surface area contributed by atoms with E-state index in [1.807, 2.05) is 19.1 Å². The highest BCUT2D eigenvalue weighted by Crippen LogP contribution is 2.18. The van der Waals surface area contributed by atoms with Crippen molar-refractivity contribution in [1.29, 1.82) is 0 Å². The molecule has 0 aliphatic carbocycles. The number of aryl methyl sites for hydroxylation is 1. The van der Waals surface area contributed by atoms with E-state index in [9.17, 15) is 0 Å². The van der Waals surface area contributed by atoms with Crippen LogP contribution < -0.4 is 0 Å². The number of ether oxygens (including phenoxy) is 1. The number of fused-ring (bicyclic) bond motifs is 1. The summed E-state index contributed by atoms with van der Waals surface area (Å²) in [5, 5.41) is 0. The first-order valence-corrected chi connectivity index (χ1v) is 5.75. The number of hydrogen-bond donors (Lipinski definition) is 1. The molecule has 1 aromatic heterocycles. The van der Waals surface area contributed by atoms with E-state index in [1.165, 1.54) is 11.1 Å². The lowest BCUT2D eigenvalue weighted by atomic mass is 10.2. The van der Waals surface area contributed by atoms with Gasteiger partial charge in [0.25, 0.3) is 0 Å². The van der Waals surface area contributed by atoms with Crippen molar-refractivity contribution in [2.24, 2.45) is 0 Å². The van der Waals surface area contributed by atoms with Crippen molar-refractivity contribution in [2.75, 3.05) is 7.11 Å². The van der Waals surface area contributed by atoms with Gasteiger partial charge in [0.15, 0.2) is 4.77 Å². The van der Waals surface area contributed by atoms with E-state index in [4.69, 9.17) is 17.0 Å². The van der Waals surface area contributed by atoms with E-state index >= 15 is 0 Å². The Labute approximate surface area is 100 Å². The van der Waals surface area contributed by atoms with Crippen LogP contribution >= 0.6 is 12.2 Å². The summed E-state index contributed by atoms with van der Waals surface area (Å²) in [4.78, 5) is 3.22. The van der Waals surface area contributed by atoms with Crippen molar-refractivity contribution in [2.45, 2.75) is 26.5 Å². The van der Waals surface area contributed by atoms with Gasteiger partial charge in [-0.25, -0.2) is 0 Å². The SMILES string of the molecule is COC(C)Cn1c(=S)[nH]c2cccc(C)c21. The fraction of sp³-hybridized carbons (Fsp3) is 0.417. The first-order valence-electron chi connectivity index (χ1n) is 5.34. The Kier molecular flexibility index (Phi) is 3.12. The first kappa shape index (κ1) is 11.4. The normalized spacial score (nSPS) is 13.2. The molecule has 86 valence electrons. The van der Waals surface area contributed by atoms with Crippen LogP contribution in [0.4, 0.5) is 0 Å². The molecule has 16 heavy (non-hydrogen) atoms. The molecule has 0 aliphatic rings. The minimum atomic E-state index is 0.158. The molecule has 1 aromatic carbocycles. The van der Waals surface area contributed by atoms with Gasteiger partial charge in [0.05, 0.1) is 23.7 Å². The van der Waals surface area contributed by atoms with Crippen LogP contribution in [0.2, 0.25) is 0 Å². The van der Waals surface area contributed by atoms with Gasteiger partial charge in [-0.15, -0.1) is 0 Å². The second-order valence-electron chi connectivity index (χ2n) is 4.06. The summed E-state index contributed by atoms with van der Waals surface area (Å²) in [6.45, 7) is 4.91. The molecule has 1 N–H and O–H groups in total. The molecule has 0 radical (unpaired) electrons. The molecule has 0 spiro atoms. The Hall–Kier alpha value is -1.13. The molecule has 0 saturated carbocycles. The molecule has 1 heterocycles. The van der Waals surface area contributed by atoms with Crippen molar-refractivity contribution in [3.05, 3.63) is 28.5 Å². The second kappa shape index (κ2) is 4.39. The van der Waals surface area contributed by atoms with Crippen LogP contribution in [0.5, 0.6) is 0 Å². The quantitative estimate of drug-likeness (QED) is 0.830. The van der Waals surface area contributed by atoms with Crippen LogP contribution in [0.1, 0.15) is 12.5 Å². The third kappa shape index (κ3) is 1.90. The van der Waals surface area contributed by atoms with Gasteiger partial charge >= 0.3 is 0 Å². The highest BCUT2D eigenvalue weighted by atomic mass is 32.1. The predicted molar refractivity (Wildman–Crippen MR) is 68.3 cm³/mol. The maximum Gasteiger partial charge on any atom is 0.178 e. The number of nitrogens with one attached hydrogen (secondary N) is 1. The molecule has 0 bridgehead atoms. The third-order valence-electron chi connectivity index (χ3n) is 2.84. The van der Waals surface area contributed by atoms with Gasteiger partial charge in [-0.05, 0) is 37.7 Å². The van der Waals surface area contributed by atoms with Gasteiger partial charge in [0.1, 0.15) is 0 Å². The third-order valence-corrected chi connectivity index (χ3v) is 3.16. The average Bonchev–Trinajstić information content (AvgIpc) is 2.56. The molecule has 2 rings (SSSR count). The number of aromatic nitrogens is 2. The summed E-state index contributed by atoms with van der Waals surface area (Å²) in [6, 6.07) is 6.18. The number of imidazole rings is 1. The minimum absolute atomic E-state index is 0.158. The number of benzene rings is 1. The predicted octanol–water partition coefficient (Wildman–Crippen LogP) is 3.04. The smallest absolute Gasteiger partial charge is 0.178 e. The number of hydrogen-bond acceptors (Lipinski definition) is 2. The van der Waals surface area contributed by atoms with Crippen molar-refractivity contribution in [1.82, 2.24) is 9.55 Å². The summed E-state index contributed by atoms with van der Waals surface area (Å²) in [6.07, 6.45) is 0.158. The van der Waals surface area contributed by atoms with E-state index in [0.717, 1.165) is 16.8 Å². The number of para-hydroxylation sites is 1. The molecule has 0 aliphatic heterocycles. The minimum Gasteiger partial charge on any atom is -0.380 e. The largest absolute Gasteiger partial charge is 0.380 e. The van der Waals surface area contributed by atoms with Crippen molar-refractivity contribution in [3.63, 3.8) is 0 Å². The highest BCUT2D eigenvalue weighted by molar-refractivity contribution is 7.71. The van der Waals surface area contributed by atoms with Gasteiger partial charge in [0.2, 0.25) is 0 Å². The standard InChI is InChI=1S/C12H16N2OS/c1-8-5-4-6-10-11(8)14(12(16)13-10)7-9(2)15-3/h4-6,9H,7H2,1-3H3,(H,13,16). The molecule has 2 aromatic rings. The van der Waals surface area contributed by atoms with Crippen LogP contribution in [0.15, 0.2) is 18.2 Å². The van der Waals surface area contributed by atoms with E-state index in [1.54, 1.807) is 7.11 Å². The Morgan fingerprint density at radius 3 is 2.94 bits per heavy atom. The number of methoxy groups -OCH3 is 1. The summed E-state index contributed by atoms with van der Waals surface area (Å²) in [5.41, 5.74) is 3.50. The van der Waals surface area contributed by atoms with Crippen LogP contribution in [0, 0.1) is 11.7 Å². The Balaban J connectivity index is 2.59. The highest BCUT2D eigenvalue weighted by Gasteiger charge is 2.09. The van der Waals surface area contributed by atoms with Crippen LogP contribution in [0.3, 0.4) is 0 Å². The molecule has 3 nitrogen and oxygen atoms in total. The van der Waals surface area contributed by atoms with E-state index < -0.39 is 0 Å². The van der Waals surface area contributed by atoms with E-state index in [0.29, 0.717) is 0 Å². The summed E-state index contributed by atoms with van der Waals surface area (Å²) >= 11 is 5.33. The lowest BCUT2D eigenvalue weighted by Gasteiger charge is -2.11. The first-order chi connectivity index (χ1) is 7.63. The van der Waals surface area contributed by atoms with Gasteiger partial charge in [-0.3, -0.25) is 0 Å². The van der Waals surface area contributed by atoms with Crippen LogP contribution in [-0.4, -0.2) is 22.8 Å². The van der Waals surface area contributed by atoms with Gasteiger partial charge in [-0.1, -0.05) is 12.1 Å². The lowest BCUT2D eigenvalue weighted by molar-refractivity contribution is 0.104. The number of nitrogens with zero attached hydrogens (tertiary/aromatic N) is 1. The van der Waals surface area contributed by atoms with Crippen molar-refractivity contribution >= 4 is 23.3 Å². The molecule has 0 saturated heterocycles. The molecule has 1 unspecified atom stereocenters. The van der Waals surface area contributed by atoms with E-state index in [2.05, 4.69) is 22.5 Å². The zero-order valence-corrected chi connectivity index (χ0v) is 10.6. The van der Waals surface area contributed by atoms with E-state index in [-0.39, 0.29) is 6.10 Å². The Bertz CT molecular complexity index is 556. The maximum atomic E-state index is 5.33. The van der Waals surface area contributed by atoms with Gasteiger partial charge < -0.3 is 14.3 Å². The average molecular weight is 236 g/mol. The fourth-order valence-electron chi connectivity index (χ4n) is 1.91. The molecular formula is C12H16N2OS. The second-order valence-corrected chi connectivity index (χ2v) is 4.44.